The highest BCUT2D eigenvalue weighted by molar-refractivity contribution is 7.92. The van der Waals surface area contributed by atoms with E-state index in [1.165, 1.54) is 43.3 Å². The number of aryl methyl sites for hydroxylation is 6. The molecular weight excluding hydrogens is 2020 g/mol. The molecule has 3 spiro atoms. The second kappa shape index (κ2) is 50.8. The third-order valence-electron chi connectivity index (χ3n) is 26.2. The van der Waals surface area contributed by atoms with E-state index >= 15 is 0 Å². The van der Waals surface area contributed by atoms with Crippen LogP contribution in [0.5, 0.6) is 0 Å². The van der Waals surface area contributed by atoms with E-state index in [0.717, 1.165) is 27.4 Å². The molecule has 0 unspecified atom stereocenters. The molecule has 0 radical (unpaired) electrons. The van der Waals surface area contributed by atoms with Crippen molar-refractivity contribution in [3.8, 4) is 0 Å². The fourth-order valence-electron chi connectivity index (χ4n) is 18.5. The second-order valence-corrected chi connectivity index (χ2v) is 45.4. The van der Waals surface area contributed by atoms with Crippen molar-refractivity contribution in [2.75, 3.05) is 44.6 Å². The van der Waals surface area contributed by atoms with Gasteiger partial charge >= 0.3 is 42.9 Å². The zero-order chi connectivity index (χ0) is 108. The number of nitrogens with two attached hydrogens (primary N) is 2. The van der Waals surface area contributed by atoms with Gasteiger partial charge in [-0.3, -0.25) is 60.0 Å². The Balaban J connectivity index is 0.000000270. The van der Waals surface area contributed by atoms with E-state index in [-0.39, 0.29) is 167 Å². The van der Waals surface area contributed by atoms with Crippen LogP contribution in [0.3, 0.4) is 0 Å². The lowest BCUT2D eigenvalue weighted by molar-refractivity contribution is -0.156. The highest BCUT2D eigenvalue weighted by Gasteiger charge is 2.53. The number of aromatic carboxylic acids is 1. The van der Waals surface area contributed by atoms with Gasteiger partial charge in [-0.05, 0) is 340 Å². The van der Waals surface area contributed by atoms with Gasteiger partial charge in [0.15, 0.2) is 0 Å². The molecular formula is C94H129Cl2F12N15O18S3. The summed E-state index contributed by atoms with van der Waals surface area (Å²) in [6.07, 6.45) is -7.60. The maximum atomic E-state index is 13.3. The molecule has 0 atom stereocenters. The van der Waals surface area contributed by atoms with Gasteiger partial charge < -0.3 is 30.5 Å². The zero-order valence-corrected chi connectivity index (χ0v) is 86.1. The smallest absolute Gasteiger partial charge is 0.446 e. The van der Waals surface area contributed by atoms with Gasteiger partial charge in [-0.1, -0.05) is 0 Å². The summed E-state index contributed by atoms with van der Waals surface area (Å²) in [6, 6.07) is 9.43. The first-order valence-corrected chi connectivity index (χ1v) is 52.4. The van der Waals surface area contributed by atoms with Gasteiger partial charge in [-0.25, -0.2) is 56.7 Å². The minimum Gasteiger partial charge on any atom is -0.478 e. The number of amidine groups is 3. The number of ether oxygens (including phenoxy) is 2. The molecule has 7 amide bonds. The van der Waals surface area contributed by atoms with Crippen molar-refractivity contribution in [1.29, 1.82) is 0 Å². The fourth-order valence-corrected chi connectivity index (χ4v) is 22.0. The molecule has 6 fully saturated rings. The first kappa shape index (κ1) is 121. The van der Waals surface area contributed by atoms with Crippen LogP contribution < -0.4 is 49.3 Å². The average Bonchev–Trinajstić information content (AvgIpc) is 1.62. The standard InChI is InChI=1S/C32H44F3N5O6S.C27H36F3N5O4S.C27H34F3N3O5S.C5H12N2O2.C2HF3O.CH2Cl2/c1-20-18-24(27(41)38-39-29(43)46-30(3,4)5)19-21(2)25(20)11-17-47(44,45)40-15-13-31(14-16-40)28(42)36-26(37-31)23-8-6-22(7-9-23)10-12-32(33,34)35;1-17-15-21(24(36)34-31)16-18(2)22(17)8-14-40(38,39)35-12-10-26(11-13-35)25(37)32-23(33-26)20-5-3-19(4-6-20)7-9-27(28,29)30;1-17-15-21(24(34)35)16-18(2)22(17)8-14-39(37,38)33-12-10-26(11-13-33)25(36)31-23(32-26)20-5-3-19(4-6-20)7-9-27(28,29)30;1-5(2,3)9-4(8)7-6;3-2(4,5)1-6;2-1-3/h11,17-19,22-23H,6-10,12-16H2,1-5H3,(H,38,41)(H,39,43)(H,36,37,42);8,14-16,19-20H,3-7,9-13,31H2,1-2H3,(H,34,36)(H,32,33,37);8,14-16,19-20H,3-7,9-13H2,1-2H3,(H,34,35)(H,31,32,36);6H2,1-3H3,(H,7,8);1H;1H2/b17-11+;2*14-8+;;;. The number of benzene rings is 3. The van der Waals surface area contributed by atoms with Gasteiger partial charge in [0.1, 0.15) is 45.3 Å². The molecule has 3 aromatic carbocycles. The van der Waals surface area contributed by atoms with Crippen molar-refractivity contribution in [2.45, 2.75) is 290 Å². The number of aldehydes is 1. The molecule has 3 aromatic rings. The minimum atomic E-state index is -4.64. The van der Waals surface area contributed by atoms with E-state index in [2.05, 4.69) is 32.2 Å². The molecule has 6 heterocycles. The third-order valence-corrected chi connectivity index (χ3v) is 30.9. The van der Waals surface area contributed by atoms with Crippen LogP contribution in [0.25, 0.3) is 18.2 Å². The lowest BCUT2D eigenvalue weighted by Crippen LogP contribution is -2.50. The van der Waals surface area contributed by atoms with Gasteiger partial charge in [0.25, 0.3) is 29.5 Å². The number of carboxylic acid groups (broad SMARTS) is 1. The van der Waals surface area contributed by atoms with Crippen molar-refractivity contribution < 1.29 is 136 Å². The van der Waals surface area contributed by atoms with Crippen LogP contribution >= 0.6 is 23.2 Å². The number of hydrogen-bond acceptors (Lipinski definition) is 22. The molecule has 0 aromatic heterocycles. The number of carboxylic acids is 1. The number of sulfonamides is 3. The number of hydrogen-bond donors (Lipinski definition) is 10. The summed E-state index contributed by atoms with van der Waals surface area (Å²) in [5.74, 6) is 8.97. The van der Waals surface area contributed by atoms with E-state index < -0.39 is 138 Å². The maximum absolute atomic E-state index is 13.3. The number of alkyl halides is 14. The molecule has 804 valence electrons. The molecule has 12 rings (SSSR count). The van der Waals surface area contributed by atoms with Crippen molar-refractivity contribution in [1.82, 2.24) is 50.6 Å². The van der Waals surface area contributed by atoms with Crippen LogP contribution in [0, 0.1) is 77.0 Å². The van der Waals surface area contributed by atoms with Crippen LogP contribution in [-0.2, 0) is 58.7 Å². The Labute approximate surface area is 840 Å². The van der Waals surface area contributed by atoms with Crippen molar-refractivity contribution in [3.63, 3.8) is 0 Å². The highest BCUT2D eigenvalue weighted by atomic mass is 35.5. The van der Waals surface area contributed by atoms with E-state index in [4.69, 9.17) is 64.1 Å². The summed E-state index contributed by atoms with van der Waals surface area (Å²) in [6.45, 7) is 21.6. The number of rotatable bonds is 21. The van der Waals surface area contributed by atoms with E-state index in [1.54, 1.807) is 107 Å². The number of nitrogens with one attached hydrogen (secondary N) is 7. The Morgan fingerprint density at radius 1 is 0.431 bits per heavy atom. The summed E-state index contributed by atoms with van der Waals surface area (Å²) < 4.78 is 237. The number of nitrogen functional groups attached to an aromatic ring is 1. The average molecular weight is 2150 g/mol. The highest BCUT2D eigenvalue weighted by Crippen LogP contribution is 2.44. The second-order valence-electron chi connectivity index (χ2n) is 39.1. The van der Waals surface area contributed by atoms with Crippen molar-refractivity contribution >= 4 is 143 Å². The van der Waals surface area contributed by atoms with Gasteiger partial charge in [0, 0.05) is 104 Å². The normalized spacial score (nSPS) is 21.7. The molecule has 6 aliphatic heterocycles. The molecule has 12 N–H and O–H groups in total. The SMILES string of the molecule is CC(C)(C)OC(=O)NN.Cc1cc(C(=O)NN)cc(C)c1/C=C/S(=O)(=O)N1CCC2(CC1)N=C(C1CCC(CCC(F)(F)F)CC1)NC2=O.Cc1cc(C(=O)NNC(=O)OC(C)(C)C)cc(C)c1/C=C/S(=O)(=O)N1CCC2(CC1)N=C(C1CCC(CCC(F)(F)F)CC1)NC2=O.Cc1cc(C(=O)O)cc(C)c1/C=C/S(=O)(=O)N1CCC2(CC1)N=C(C1CCC(CCC(F)(F)F)CC1)NC2=O.ClCCl.O=CC(F)(F)F. The van der Waals surface area contributed by atoms with Crippen molar-refractivity contribution in [2.24, 2.45) is 62.2 Å². The van der Waals surface area contributed by atoms with Gasteiger partial charge in [0.05, 0.1) is 10.9 Å². The predicted molar refractivity (Wildman–Crippen MR) is 519 cm³/mol. The Kier molecular flexibility index (Phi) is 42.8. The van der Waals surface area contributed by atoms with Gasteiger partial charge in [-0.2, -0.15) is 65.6 Å². The number of carbonyl (C=O) groups is 9. The Bertz CT molecular complexity index is 5550. The maximum Gasteiger partial charge on any atom is 0.446 e. The van der Waals surface area contributed by atoms with Crippen LogP contribution in [-0.4, -0.2) is 212 Å². The number of nitrogens with zero attached hydrogens (tertiary/aromatic N) is 6. The summed E-state index contributed by atoms with van der Waals surface area (Å²) in [7, 11) is -11.4. The van der Waals surface area contributed by atoms with Gasteiger partial charge in [-0.15, -0.1) is 23.2 Å². The molecule has 3 saturated carbocycles. The number of carbonyl (C=O) groups excluding carboxylic acids is 8. The first-order chi connectivity index (χ1) is 66.6. The predicted octanol–water partition coefficient (Wildman–Crippen LogP) is 16.4. The van der Waals surface area contributed by atoms with Crippen LogP contribution in [0.2, 0.25) is 0 Å². The number of halogens is 14. The first-order valence-electron chi connectivity index (χ1n) is 46.8. The number of amides is 7. The Morgan fingerprint density at radius 2 is 0.674 bits per heavy atom. The van der Waals surface area contributed by atoms with E-state index in [9.17, 15) is 121 Å². The fraction of sp³-hybridized carbons (Fsp3) is 0.617. The topological polar surface area (TPSA) is 478 Å². The van der Waals surface area contributed by atoms with E-state index in [1.807, 2.05) is 5.43 Å². The molecule has 144 heavy (non-hydrogen) atoms. The van der Waals surface area contributed by atoms with Crippen molar-refractivity contribution in [3.05, 3.63) is 119 Å². The minimum absolute atomic E-state index is 0.000785. The Hall–Kier alpha value is -9.69. The Morgan fingerprint density at radius 3 is 0.889 bits per heavy atom. The summed E-state index contributed by atoms with van der Waals surface area (Å²) in [4.78, 5) is 120. The summed E-state index contributed by atoms with van der Waals surface area (Å²) in [5, 5.41) is 21.5. The lowest BCUT2D eigenvalue weighted by atomic mass is 9.79. The number of aliphatic imine (C=N–C) groups is 3. The molecule has 33 nitrogen and oxygen atoms in total. The monoisotopic (exact) mass is 2150 g/mol. The summed E-state index contributed by atoms with van der Waals surface area (Å²) >= 11 is 9.53. The number of hydrazine groups is 3. The van der Waals surface area contributed by atoms with E-state index in [0.29, 0.717) is 139 Å². The summed E-state index contributed by atoms with van der Waals surface area (Å²) in [5.41, 5.74) is 10.9. The van der Waals surface area contributed by atoms with Crippen LogP contribution in [0.4, 0.5) is 62.3 Å². The third kappa shape index (κ3) is 36.7. The van der Waals surface area contributed by atoms with Crippen LogP contribution in [0.1, 0.15) is 277 Å². The van der Waals surface area contributed by atoms with Crippen LogP contribution in [0.15, 0.2) is 67.6 Å². The zero-order valence-electron chi connectivity index (χ0n) is 82.1. The molecule has 3 saturated heterocycles. The lowest BCUT2D eigenvalue weighted by Gasteiger charge is -2.34. The largest absolute Gasteiger partial charge is 0.478 e. The quantitative estimate of drug-likeness (QED) is 0.0118. The molecule has 0 bridgehead atoms. The molecule has 9 aliphatic rings. The molecule has 50 heteroatoms. The molecule has 3 aliphatic carbocycles. The van der Waals surface area contributed by atoms with Gasteiger partial charge in [0.2, 0.25) is 36.4 Å². The number of piperidine rings is 3.